The third kappa shape index (κ3) is 2.35. The lowest BCUT2D eigenvalue weighted by molar-refractivity contribution is -0.0307. The van der Waals surface area contributed by atoms with Gasteiger partial charge in [-0.2, -0.15) is 0 Å². The Kier molecular flexibility index (Phi) is 3.23. The predicted molar refractivity (Wildman–Crippen MR) is 75.5 cm³/mol. The lowest BCUT2D eigenvalue weighted by Crippen LogP contribution is -2.28. The van der Waals surface area contributed by atoms with Gasteiger partial charge in [-0.15, -0.1) is 0 Å². The van der Waals surface area contributed by atoms with Crippen molar-refractivity contribution in [3.63, 3.8) is 0 Å². The van der Waals surface area contributed by atoms with Gasteiger partial charge in [0.2, 0.25) is 0 Å². The van der Waals surface area contributed by atoms with Crippen LogP contribution >= 0.6 is 0 Å². The lowest BCUT2D eigenvalue weighted by atomic mass is 10.0. The second-order valence-corrected chi connectivity index (χ2v) is 4.85. The number of β-amino-alcohol motifs (C(OH)–C–C–N with tert-alkyl or cyclic N) is 2. The van der Waals surface area contributed by atoms with E-state index >= 15 is 0 Å². The molecule has 0 saturated heterocycles. The first-order chi connectivity index (χ1) is 9.25. The molecular formula is C16H17NO2. The van der Waals surface area contributed by atoms with Crippen molar-refractivity contribution in [3.8, 4) is 0 Å². The van der Waals surface area contributed by atoms with E-state index in [1.165, 1.54) is 11.1 Å². The zero-order valence-corrected chi connectivity index (χ0v) is 10.7. The van der Waals surface area contributed by atoms with Gasteiger partial charge in [0, 0.05) is 11.4 Å². The first kappa shape index (κ1) is 12.2. The summed E-state index contributed by atoms with van der Waals surface area (Å²) in [6, 6.07) is 16.3. The minimum absolute atomic E-state index is 0.189. The van der Waals surface area contributed by atoms with E-state index in [0.717, 1.165) is 24.2 Å². The Morgan fingerprint density at radius 1 is 0.842 bits per heavy atom. The maximum atomic E-state index is 9.36. The molecule has 0 atom stereocenters. The molecule has 3 heteroatoms. The summed E-state index contributed by atoms with van der Waals surface area (Å²) in [4.78, 5) is 2.00. The van der Waals surface area contributed by atoms with Crippen molar-refractivity contribution in [1.29, 1.82) is 0 Å². The highest BCUT2D eigenvalue weighted by Crippen LogP contribution is 2.35. The number of anilines is 2. The number of benzene rings is 2. The van der Waals surface area contributed by atoms with Gasteiger partial charge in [-0.05, 0) is 36.1 Å². The Labute approximate surface area is 112 Å². The number of aliphatic hydroxyl groups excluding tert-OH is 1. The summed E-state index contributed by atoms with van der Waals surface area (Å²) >= 11 is 0. The van der Waals surface area contributed by atoms with Gasteiger partial charge in [0.05, 0.1) is 6.54 Å². The van der Waals surface area contributed by atoms with Crippen LogP contribution in [0.3, 0.4) is 0 Å². The van der Waals surface area contributed by atoms with Crippen LogP contribution in [0.15, 0.2) is 48.5 Å². The van der Waals surface area contributed by atoms with Crippen LogP contribution in [0.4, 0.5) is 11.4 Å². The standard InChI is InChI=1S/C16H17NO2/c18-16(19)11-17-14-7-3-1-5-12(14)9-10-13-6-2-4-8-15(13)17/h1-8,16,18-19H,9-11H2. The SMILES string of the molecule is OC(O)CN1c2ccccc2CCc2ccccc21. The van der Waals surface area contributed by atoms with Crippen molar-refractivity contribution in [2.45, 2.75) is 19.1 Å². The lowest BCUT2D eigenvalue weighted by Gasteiger charge is -2.27. The molecule has 0 fully saturated rings. The summed E-state index contributed by atoms with van der Waals surface area (Å²) < 4.78 is 0. The molecule has 0 aliphatic carbocycles. The van der Waals surface area contributed by atoms with Gasteiger partial charge in [0.1, 0.15) is 0 Å². The maximum absolute atomic E-state index is 9.36. The summed E-state index contributed by atoms with van der Waals surface area (Å²) in [6.45, 7) is 0.189. The van der Waals surface area contributed by atoms with Gasteiger partial charge in [-0.1, -0.05) is 36.4 Å². The van der Waals surface area contributed by atoms with Gasteiger partial charge >= 0.3 is 0 Å². The normalized spacial score (nSPS) is 13.9. The second-order valence-electron chi connectivity index (χ2n) is 4.85. The van der Waals surface area contributed by atoms with E-state index in [-0.39, 0.29) is 6.54 Å². The molecular weight excluding hydrogens is 238 g/mol. The minimum atomic E-state index is -1.35. The fraction of sp³-hybridized carbons (Fsp3) is 0.250. The molecule has 0 bridgehead atoms. The Hall–Kier alpha value is -1.84. The van der Waals surface area contributed by atoms with Gasteiger partial charge in [0.25, 0.3) is 0 Å². The number of nitrogens with zero attached hydrogens (tertiary/aromatic N) is 1. The first-order valence-corrected chi connectivity index (χ1v) is 6.55. The van der Waals surface area contributed by atoms with Crippen molar-refractivity contribution in [2.75, 3.05) is 11.4 Å². The number of hydrogen-bond acceptors (Lipinski definition) is 3. The molecule has 98 valence electrons. The number of fused-ring (bicyclic) bond motifs is 2. The Morgan fingerprint density at radius 3 is 1.79 bits per heavy atom. The van der Waals surface area contributed by atoms with E-state index < -0.39 is 6.29 Å². The van der Waals surface area contributed by atoms with Gasteiger partial charge in [0.15, 0.2) is 6.29 Å². The smallest absolute Gasteiger partial charge is 0.169 e. The highest BCUT2D eigenvalue weighted by Gasteiger charge is 2.21. The molecule has 1 aliphatic heterocycles. The zero-order valence-electron chi connectivity index (χ0n) is 10.7. The number of aliphatic hydroxyl groups is 2. The quantitative estimate of drug-likeness (QED) is 0.809. The van der Waals surface area contributed by atoms with Gasteiger partial charge in [-0.3, -0.25) is 0 Å². The zero-order chi connectivity index (χ0) is 13.2. The molecule has 0 spiro atoms. The molecule has 0 saturated carbocycles. The van der Waals surface area contributed by atoms with Crippen molar-refractivity contribution in [1.82, 2.24) is 0 Å². The van der Waals surface area contributed by atoms with Crippen LogP contribution in [0.2, 0.25) is 0 Å². The fourth-order valence-electron chi connectivity index (χ4n) is 2.73. The van der Waals surface area contributed by atoms with E-state index in [1.54, 1.807) is 0 Å². The van der Waals surface area contributed by atoms with Crippen LogP contribution in [-0.2, 0) is 12.8 Å². The average molecular weight is 255 g/mol. The summed E-state index contributed by atoms with van der Waals surface area (Å²) in [5.74, 6) is 0. The van der Waals surface area contributed by atoms with Gasteiger partial charge < -0.3 is 15.1 Å². The predicted octanol–water partition coefficient (Wildman–Crippen LogP) is 2.23. The Morgan fingerprint density at radius 2 is 1.32 bits per heavy atom. The van der Waals surface area contributed by atoms with E-state index in [1.807, 2.05) is 41.3 Å². The van der Waals surface area contributed by atoms with Crippen LogP contribution in [0.25, 0.3) is 0 Å². The molecule has 0 unspecified atom stereocenters. The molecule has 3 nitrogen and oxygen atoms in total. The number of hydrogen-bond donors (Lipinski definition) is 2. The van der Waals surface area contributed by atoms with Crippen molar-refractivity contribution >= 4 is 11.4 Å². The van der Waals surface area contributed by atoms with E-state index in [9.17, 15) is 10.2 Å². The monoisotopic (exact) mass is 255 g/mol. The maximum Gasteiger partial charge on any atom is 0.169 e. The van der Waals surface area contributed by atoms with E-state index in [4.69, 9.17) is 0 Å². The summed E-state index contributed by atoms with van der Waals surface area (Å²) in [5, 5.41) is 18.7. The molecule has 0 aromatic heterocycles. The number of aryl methyl sites for hydroxylation is 2. The highest BCUT2D eigenvalue weighted by molar-refractivity contribution is 5.71. The number of para-hydroxylation sites is 2. The molecule has 1 aliphatic rings. The largest absolute Gasteiger partial charge is 0.367 e. The molecule has 1 heterocycles. The van der Waals surface area contributed by atoms with Crippen molar-refractivity contribution in [3.05, 3.63) is 59.7 Å². The average Bonchev–Trinajstić information content (AvgIpc) is 2.57. The van der Waals surface area contributed by atoms with Crippen LogP contribution in [0.5, 0.6) is 0 Å². The molecule has 0 amide bonds. The van der Waals surface area contributed by atoms with E-state index in [0.29, 0.717) is 0 Å². The molecule has 0 radical (unpaired) electrons. The summed E-state index contributed by atoms with van der Waals surface area (Å²) in [7, 11) is 0. The molecule has 19 heavy (non-hydrogen) atoms. The fourth-order valence-corrected chi connectivity index (χ4v) is 2.73. The number of rotatable bonds is 2. The molecule has 2 aromatic rings. The Balaban J connectivity index is 2.13. The van der Waals surface area contributed by atoms with Crippen molar-refractivity contribution in [2.24, 2.45) is 0 Å². The van der Waals surface area contributed by atoms with Crippen LogP contribution in [0.1, 0.15) is 11.1 Å². The topological polar surface area (TPSA) is 43.7 Å². The third-order valence-corrected chi connectivity index (χ3v) is 3.57. The molecule has 2 N–H and O–H groups in total. The summed E-state index contributed by atoms with van der Waals surface area (Å²) in [6.07, 6.45) is 0.607. The van der Waals surface area contributed by atoms with Crippen LogP contribution in [0, 0.1) is 0 Å². The van der Waals surface area contributed by atoms with Crippen LogP contribution < -0.4 is 4.90 Å². The highest BCUT2D eigenvalue weighted by atomic mass is 16.5. The first-order valence-electron chi connectivity index (χ1n) is 6.55. The summed E-state index contributed by atoms with van der Waals surface area (Å²) in [5.41, 5.74) is 4.64. The molecule has 2 aromatic carbocycles. The van der Waals surface area contributed by atoms with Crippen molar-refractivity contribution < 1.29 is 10.2 Å². The van der Waals surface area contributed by atoms with E-state index in [2.05, 4.69) is 12.1 Å². The minimum Gasteiger partial charge on any atom is -0.367 e. The second kappa shape index (κ2) is 5.03. The van der Waals surface area contributed by atoms with Gasteiger partial charge in [-0.25, -0.2) is 0 Å². The molecule has 3 rings (SSSR count). The van der Waals surface area contributed by atoms with Crippen LogP contribution in [-0.4, -0.2) is 23.0 Å². The third-order valence-electron chi connectivity index (χ3n) is 3.57. The Bertz CT molecular complexity index is 533.